The fourth-order valence-electron chi connectivity index (χ4n) is 0.941. The molecule has 0 saturated carbocycles. The lowest BCUT2D eigenvalue weighted by Crippen LogP contribution is -1.58. The summed E-state index contributed by atoms with van der Waals surface area (Å²) in [5, 5.41) is 0. The van der Waals surface area contributed by atoms with Crippen LogP contribution in [0.4, 0.5) is 0 Å². The van der Waals surface area contributed by atoms with Gasteiger partial charge in [0.15, 0.2) is 0 Å². The molecule has 0 aliphatic carbocycles. The molecule has 0 aromatic rings. The first-order chi connectivity index (χ1) is 7.41. The first-order valence-electron chi connectivity index (χ1n) is 5.73. The Balaban J connectivity index is 3.61. The van der Waals surface area contributed by atoms with Crippen molar-refractivity contribution in [2.75, 3.05) is 0 Å². The maximum Gasteiger partial charge on any atom is -0.0350 e. The molecule has 0 spiro atoms. The highest BCUT2D eigenvalue weighted by Gasteiger charge is 1.68. The Bertz CT molecular complexity index is 249. The second-order valence-corrected chi connectivity index (χ2v) is 3.21. The lowest BCUT2D eigenvalue weighted by molar-refractivity contribution is 0.959. The van der Waals surface area contributed by atoms with Crippen LogP contribution in [0, 0.1) is 0 Å². The summed E-state index contributed by atoms with van der Waals surface area (Å²) in [6, 6.07) is 0. The zero-order chi connectivity index (χ0) is 11.2. The second kappa shape index (κ2) is 12.7. The van der Waals surface area contributed by atoms with Crippen LogP contribution in [0.25, 0.3) is 0 Å². The zero-order valence-electron chi connectivity index (χ0n) is 9.89. The fraction of sp³-hybridized carbons (Fsp3) is 0.333. The molecule has 0 aliphatic heterocycles. The summed E-state index contributed by atoms with van der Waals surface area (Å²) in [5.74, 6) is 0. The van der Waals surface area contributed by atoms with Gasteiger partial charge in [-0.15, -0.1) is 0 Å². The minimum Gasteiger partial charge on any atom is -0.0848 e. The van der Waals surface area contributed by atoms with Crippen molar-refractivity contribution in [3.63, 3.8) is 0 Å². The van der Waals surface area contributed by atoms with E-state index in [0.29, 0.717) is 0 Å². The van der Waals surface area contributed by atoms with Crippen LogP contribution in [0.1, 0.15) is 33.1 Å². The van der Waals surface area contributed by atoms with Crippen molar-refractivity contribution in [1.82, 2.24) is 0 Å². The van der Waals surface area contributed by atoms with E-state index in [4.69, 9.17) is 0 Å². The number of rotatable bonds is 7. The van der Waals surface area contributed by atoms with E-state index in [0.717, 1.165) is 12.8 Å². The van der Waals surface area contributed by atoms with Crippen molar-refractivity contribution in [3.8, 4) is 0 Å². The highest BCUT2D eigenvalue weighted by Crippen LogP contribution is 1.89. The van der Waals surface area contributed by atoms with Gasteiger partial charge in [0.25, 0.3) is 0 Å². The van der Waals surface area contributed by atoms with E-state index in [-0.39, 0.29) is 0 Å². The number of unbranched alkanes of at least 4 members (excludes halogenated alkanes) is 1. The molecule has 0 aromatic heterocycles. The van der Waals surface area contributed by atoms with Crippen molar-refractivity contribution in [1.29, 1.82) is 0 Å². The molecule has 0 unspecified atom stereocenters. The van der Waals surface area contributed by atoms with Gasteiger partial charge in [0.2, 0.25) is 0 Å². The fourth-order valence-corrected chi connectivity index (χ4v) is 0.941. The SMILES string of the molecule is CC/C=C/C=C/C=C/C=C/C=C/CCC. The Hall–Kier alpha value is -1.30. The van der Waals surface area contributed by atoms with Gasteiger partial charge in [0, 0.05) is 0 Å². The Morgan fingerprint density at radius 2 is 1.07 bits per heavy atom. The first kappa shape index (κ1) is 13.7. The van der Waals surface area contributed by atoms with Gasteiger partial charge in [-0.05, 0) is 12.8 Å². The third kappa shape index (κ3) is 12.7. The summed E-state index contributed by atoms with van der Waals surface area (Å²) in [4.78, 5) is 0. The monoisotopic (exact) mass is 202 g/mol. The average Bonchev–Trinajstić information content (AvgIpc) is 2.26. The van der Waals surface area contributed by atoms with E-state index >= 15 is 0 Å². The highest BCUT2D eigenvalue weighted by atomic mass is 13.8. The molecule has 0 N–H and O–H groups in total. The third-order valence-corrected chi connectivity index (χ3v) is 1.74. The van der Waals surface area contributed by atoms with Crippen LogP contribution in [0.2, 0.25) is 0 Å². The number of hydrogen-bond acceptors (Lipinski definition) is 0. The molecule has 15 heavy (non-hydrogen) atoms. The number of allylic oxidation sites excluding steroid dienone is 10. The van der Waals surface area contributed by atoms with E-state index in [1.807, 2.05) is 30.4 Å². The summed E-state index contributed by atoms with van der Waals surface area (Å²) >= 11 is 0. The standard InChI is InChI=1S/C15H22/c1-3-5-7-9-11-13-15-14-12-10-8-6-4-2/h5,7-15H,3-4,6H2,1-2H3/b7-5+,10-8+,11-9+,14-12+,15-13+. The molecule has 0 heteroatoms. The van der Waals surface area contributed by atoms with E-state index in [1.165, 1.54) is 6.42 Å². The molecule has 0 atom stereocenters. The average molecular weight is 202 g/mol. The van der Waals surface area contributed by atoms with Crippen molar-refractivity contribution in [2.24, 2.45) is 0 Å². The molecule has 0 rings (SSSR count). The summed E-state index contributed by atoms with van der Waals surface area (Å²) in [7, 11) is 0. The Morgan fingerprint density at radius 3 is 1.53 bits per heavy atom. The normalized spacial score (nSPS) is 13.5. The quantitative estimate of drug-likeness (QED) is 0.511. The van der Waals surface area contributed by atoms with Crippen LogP contribution in [-0.2, 0) is 0 Å². The summed E-state index contributed by atoms with van der Waals surface area (Å²) in [5.41, 5.74) is 0. The van der Waals surface area contributed by atoms with Gasteiger partial charge < -0.3 is 0 Å². The molecule has 0 aromatic carbocycles. The predicted octanol–water partition coefficient (Wildman–Crippen LogP) is 4.98. The maximum atomic E-state index is 2.18. The summed E-state index contributed by atoms with van der Waals surface area (Å²) < 4.78 is 0. The second-order valence-electron chi connectivity index (χ2n) is 3.21. The predicted molar refractivity (Wildman–Crippen MR) is 70.9 cm³/mol. The van der Waals surface area contributed by atoms with Crippen LogP contribution < -0.4 is 0 Å². The van der Waals surface area contributed by atoms with Gasteiger partial charge in [-0.3, -0.25) is 0 Å². The van der Waals surface area contributed by atoms with Gasteiger partial charge in [-0.25, -0.2) is 0 Å². The molecule has 0 bridgehead atoms. The maximum absolute atomic E-state index is 2.18. The largest absolute Gasteiger partial charge is 0.0848 e. The Morgan fingerprint density at radius 1 is 0.600 bits per heavy atom. The van der Waals surface area contributed by atoms with Gasteiger partial charge in [-0.2, -0.15) is 0 Å². The van der Waals surface area contributed by atoms with Crippen molar-refractivity contribution >= 4 is 0 Å². The van der Waals surface area contributed by atoms with Crippen LogP contribution in [-0.4, -0.2) is 0 Å². The van der Waals surface area contributed by atoms with Gasteiger partial charge in [0.05, 0.1) is 0 Å². The first-order valence-corrected chi connectivity index (χ1v) is 5.73. The molecular formula is C15H22. The van der Waals surface area contributed by atoms with Gasteiger partial charge in [0.1, 0.15) is 0 Å². The summed E-state index contributed by atoms with van der Waals surface area (Å²) in [6.45, 7) is 4.31. The molecular weight excluding hydrogens is 180 g/mol. The van der Waals surface area contributed by atoms with Gasteiger partial charge >= 0.3 is 0 Å². The molecule has 0 radical (unpaired) electrons. The molecule has 0 fully saturated rings. The van der Waals surface area contributed by atoms with E-state index in [9.17, 15) is 0 Å². The lowest BCUT2D eigenvalue weighted by atomic mass is 10.3. The molecule has 0 amide bonds. The Labute approximate surface area is 94.4 Å². The summed E-state index contributed by atoms with van der Waals surface area (Å²) in [6.07, 6.45) is 24.2. The molecule has 0 heterocycles. The van der Waals surface area contributed by atoms with Crippen LogP contribution in [0.3, 0.4) is 0 Å². The van der Waals surface area contributed by atoms with Crippen molar-refractivity contribution in [3.05, 3.63) is 60.8 Å². The van der Waals surface area contributed by atoms with E-state index in [2.05, 4.69) is 44.2 Å². The van der Waals surface area contributed by atoms with E-state index < -0.39 is 0 Å². The molecule has 82 valence electrons. The smallest absolute Gasteiger partial charge is 0.0350 e. The molecule has 0 saturated heterocycles. The third-order valence-electron chi connectivity index (χ3n) is 1.74. The van der Waals surface area contributed by atoms with Crippen molar-refractivity contribution in [2.45, 2.75) is 33.1 Å². The topological polar surface area (TPSA) is 0 Å². The van der Waals surface area contributed by atoms with Crippen LogP contribution >= 0.6 is 0 Å². The lowest BCUT2D eigenvalue weighted by Gasteiger charge is -1.79. The number of hydrogen-bond donors (Lipinski definition) is 0. The van der Waals surface area contributed by atoms with E-state index in [1.54, 1.807) is 0 Å². The van der Waals surface area contributed by atoms with Crippen LogP contribution in [0.5, 0.6) is 0 Å². The van der Waals surface area contributed by atoms with Crippen LogP contribution in [0.15, 0.2) is 60.8 Å². The minimum absolute atomic E-state index is 1.09. The highest BCUT2D eigenvalue weighted by molar-refractivity contribution is 5.17. The minimum atomic E-state index is 1.09. The van der Waals surface area contributed by atoms with Gasteiger partial charge in [-0.1, -0.05) is 81.0 Å². The molecule has 0 aliphatic rings. The zero-order valence-corrected chi connectivity index (χ0v) is 9.89. The van der Waals surface area contributed by atoms with Crippen molar-refractivity contribution < 1.29 is 0 Å². The molecule has 0 nitrogen and oxygen atoms in total. The Kier molecular flexibility index (Phi) is 11.6.